The fourth-order valence-corrected chi connectivity index (χ4v) is 2.24. The first kappa shape index (κ1) is 9.57. The van der Waals surface area contributed by atoms with E-state index in [9.17, 15) is 0 Å². The normalized spacial score (nSPS) is 12.1. The molecule has 0 fully saturated rings. The van der Waals surface area contributed by atoms with E-state index in [0.29, 0.717) is 0 Å². The Hall–Kier alpha value is -1.65. The zero-order valence-electron chi connectivity index (χ0n) is 8.55. The summed E-state index contributed by atoms with van der Waals surface area (Å²) in [5, 5.41) is 0. The molecular formula is C12H11N3S. The Morgan fingerprint density at radius 1 is 0.812 bits per heavy atom. The molecule has 0 saturated heterocycles. The summed E-state index contributed by atoms with van der Waals surface area (Å²) in [7, 11) is 0. The van der Waals surface area contributed by atoms with Crippen molar-refractivity contribution in [3.05, 3.63) is 54.6 Å². The molecule has 0 amide bonds. The standard InChI is InChI=1S/C12H11N3S/c1-2-6-10(7-3-1)13-14-16-15-11-8-4-5-9-12(11)15/h1-9,13-14H. The third-order valence-electron chi connectivity index (χ3n) is 2.38. The molecule has 16 heavy (non-hydrogen) atoms. The summed E-state index contributed by atoms with van der Waals surface area (Å²) in [4.78, 5) is 3.10. The van der Waals surface area contributed by atoms with E-state index < -0.39 is 0 Å². The second-order valence-electron chi connectivity index (χ2n) is 3.47. The van der Waals surface area contributed by atoms with Crippen LogP contribution in [0.4, 0.5) is 17.1 Å². The van der Waals surface area contributed by atoms with Crippen molar-refractivity contribution in [3.8, 4) is 0 Å². The average molecular weight is 229 g/mol. The van der Waals surface area contributed by atoms with E-state index >= 15 is 0 Å². The van der Waals surface area contributed by atoms with Gasteiger partial charge in [-0.2, -0.15) is 4.83 Å². The minimum atomic E-state index is 1.06. The molecule has 0 atom stereocenters. The number of para-hydroxylation sites is 3. The van der Waals surface area contributed by atoms with E-state index in [1.807, 2.05) is 42.5 Å². The second kappa shape index (κ2) is 4.08. The Labute approximate surface area is 98.7 Å². The second-order valence-corrected chi connectivity index (χ2v) is 4.22. The van der Waals surface area contributed by atoms with Gasteiger partial charge in [-0.1, -0.05) is 30.3 Å². The van der Waals surface area contributed by atoms with Crippen LogP contribution in [0.5, 0.6) is 0 Å². The zero-order chi connectivity index (χ0) is 10.8. The lowest BCUT2D eigenvalue weighted by molar-refractivity contribution is 1.22. The topological polar surface area (TPSA) is 27.1 Å². The van der Waals surface area contributed by atoms with Gasteiger partial charge in [0.05, 0.1) is 23.5 Å². The van der Waals surface area contributed by atoms with Crippen LogP contribution in [0.1, 0.15) is 0 Å². The molecule has 3 nitrogen and oxygen atoms in total. The number of hydrazine groups is 1. The zero-order valence-corrected chi connectivity index (χ0v) is 9.37. The lowest BCUT2D eigenvalue weighted by atomic mass is 10.3. The molecule has 3 rings (SSSR count). The Balaban J connectivity index is 1.50. The van der Waals surface area contributed by atoms with E-state index in [2.05, 4.69) is 26.7 Å². The maximum absolute atomic E-state index is 3.12. The molecule has 1 aliphatic rings. The van der Waals surface area contributed by atoms with Crippen molar-refractivity contribution < 1.29 is 0 Å². The summed E-state index contributed by atoms with van der Waals surface area (Å²) in [5.41, 5.74) is 6.72. The fraction of sp³-hybridized carbons (Fsp3) is 0. The van der Waals surface area contributed by atoms with E-state index in [1.54, 1.807) is 0 Å². The van der Waals surface area contributed by atoms with Crippen molar-refractivity contribution in [2.24, 2.45) is 0 Å². The summed E-state index contributed by atoms with van der Waals surface area (Å²) in [6.45, 7) is 0. The number of hydrogen-bond acceptors (Lipinski definition) is 4. The highest BCUT2D eigenvalue weighted by Gasteiger charge is 2.28. The Morgan fingerprint density at radius 3 is 2.12 bits per heavy atom. The predicted octanol–water partition coefficient (Wildman–Crippen LogP) is 3.32. The van der Waals surface area contributed by atoms with Gasteiger partial charge >= 0.3 is 0 Å². The largest absolute Gasteiger partial charge is 0.310 e. The van der Waals surface area contributed by atoms with Gasteiger partial charge in [0, 0.05) is 5.69 Å². The maximum atomic E-state index is 3.12. The number of benzene rings is 2. The third kappa shape index (κ3) is 1.85. The number of rotatable bonds is 4. The number of nitrogens with zero attached hydrogens (tertiary/aromatic N) is 1. The summed E-state index contributed by atoms with van der Waals surface area (Å²) >= 11 is 1.54. The molecule has 0 saturated carbocycles. The van der Waals surface area contributed by atoms with Crippen molar-refractivity contribution in [3.63, 3.8) is 0 Å². The maximum Gasteiger partial charge on any atom is 0.0785 e. The minimum Gasteiger partial charge on any atom is -0.310 e. The third-order valence-corrected chi connectivity index (χ3v) is 3.14. The first-order chi connectivity index (χ1) is 7.95. The van der Waals surface area contributed by atoms with Gasteiger partial charge < -0.3 is 5.43 Å². The first-order valence-electron chi connectivity index (χ1n) is 5.07. The van der Waals surface area contributed by atoms with Crippen LogP contribution in [0.15, 0.2) is 54.6 Å². The molecular weight excluding hydrogens is 218 g/mol. The van der Waals surface area contributed by atoms with Crippen LogP contribution in [-0.4, -0.2) is 0 Å². The molecule has 2 N–H and O–H groups in total. The van der Waals surface area contributed by atoms with Gasteiger partial charge in [-0.05, 0) is 24.3 Å². The monoisotopic (exact) mass is 229 g/mol. The number of fused-ring (bicyclic) bond motifs is 1. The number of nitrogens with one attached hydrogen (secondary N) is 2. The van der Waals surface area contributed by atoms with Crippen LogP contribution in [0.2, 0.25) is 0 Å². The lowest BCUT2D eigenvalue weighted by Crippen LogP contribution is -2.15. The molecule has 0 unspecified atom stereocenters. The predicted molar refractivity (Wildman–Crippen MR) is 69.4 cm³/mol. The van der Waals surface area contributed by atoms with Crippen LogP contribution in [0.25, 0.3) is 0 Å². The van der Waals surface area contributed by atoms with Crippen LogP contribution < -0.4 is 14.6 Å². The molecule has 2 aromatic rings. The molecule has 80 valence electrons. The number of anilines is 3. The van der Waals surface area contributed by atoms with Crippen LogP contribution in [-0.2, 0) is 0 Å². The molecule has 0 spiro atoms. The summed E-state index contributed by atoms with van der Waals surface area (Å²) < 4.78 is 2.13. The Bertz CT molecular complexity index is 464. The van der Waals surface area contributed by atoms with Crippen molar-refractivity contribution >= 4 is 29.2 Å². The molecule has 4 heteroatoms. The SMILES string of the molecule is c1ccc(NNSN2c3ccccc32)cc1. The van der Waals surface area contributed by atoms with Gasteiger partial charge in [0.15, 0.2) is 0 Å². The van der Waals surface area contributed by atoms with Gasteiger partial charge in [0.1, 0.15) is 0 Å². The molecule has 0 aliphatic carbocycles. The van der Waals surface area contributed by atoms with Gasteiger partial charge in [0.2, 0.25) is 0 Å². The Kier molecular flexibility index (Phi) is 2.44. The molecule has 0 aromatic heterocycles. The molecule has 1 aliphatic heterocycles. The minimum absolute atomic E-state index is 1.06. The quantitative estimate of drug-likeness (QED) is 0.478. The van der Waals surface area contributed by atoms with Crippen molar-refractivity contribution in [2.75, 3.05) is 9.73 Å². The van der Waals surface area contributed by atoms with E-state index in [0.717, 1.165) is 5.69 Å². The molecule has 0 radical (unpaired) electrons. The highest BCUT2D eigenvalue weighted by Crippen LogP contribution is 2.51. The first-order valence-corrected chi connectivity index (χ1v) is 5.85. The van der Waals surface area contributed by atoms with Crippen LogP contribution in [0.3, 0.4) is 0 Å². The van der Waals surface area contributed by atoms with E-state index in [4.69, 9.17) is 0 Å². The summed E-state index contributed by atoms with van der Waals surface area (Å²) in [6, 6.07) is 18.3. The van der Waals surface area contributed by atoms with Gasteiger partial charge in [-0.3, -0.25) is 4.31 Å². The highest BCUT2D eigenvalue weighted by molar-refractivity contribution is 7.99. The fourth-order valence-electron chi connectivity index (χ4n) is 1.52. The smallest absolute Gasteiger partial charge is 0.0785 e. The van der Waals surface area contributed by atoms with E-state index in [1.165, 1.54) is 23.5 Å². The van der Waals surface area contributed by atoms with Crippen molar-refractivity contribution in [1.82, 2.24) is 4.83 Å². The number of hydrogen-bond donors (Lipinski definition) is 2. The Morgan fingerprint density at radius 2 is 1.44 bits per heavy atom. The van der Waals surface area contributed by atoms with Crippen LogP contribution >= 0.6 is 12.1 Å². The highest BCUT2D eigenvalue weighted by atomic mass is 32.2. The van der Waals surface area contributed by atoms with Gasteiger partial charge in [0.25, 0.3) is 0 Å². The lowest BCUT2D eigenvalue weighted by Gasteiger charge is -2.07. The summed E-state index contributed by atoms with van der Waals surface area (Å²) in [6.07, 6.45) is 0. The molecule has 0 bridgehead atoms. The van der Waals surface area contributed by atoms with Crippen molar-refractivity contribution in [2.45, 2.75) is 0 Å². The molecule has 1 heterocycles. The van der Waals surface area contributed by atoms with Crippen LogP contribution in [0, 0.1) is 0 Å². The van der Waals surface area contributed by atoms with Gasteiger partial charge in [-0.15, -0.1) is 0 Å². The van der Waals surface area contributed by atoms with Crippen molar-refractivity contribution in [1.29, 1.82) is 0 Å². The summed E-state index contributed by atoms with van der Waals surface area (Å²) in [5.74, 6) is 0. The molecule has 2 aromatic carbocycles. The average Bonchev–Trinajstić information content (AvgIpc) is 3.05. The van der Waals surface area contributed by atoms with E-state index in [-0.39, 0.29) is 0 Å². The van der Waals surface area contributed by atoms with Gasteiger partial charge in [-0.25, -0.2) is 0 Å².